The van der Waals surface area contributed by atoms with Gasteiger partial charge in [-0.1, -0.05) is 24.3 Å². The minimum Gasteiger partial charge on any atom is -0.508 e. The van der Waals surface area contributed by atoms with Gasteiger partial charge in [-0.15, -0.1) is 0 Å². The normalized spacial score (nSPS) is 11.7. The minimum atomic E-state index is 0.306. The summed E-state index contributed by atoms with van der Waals surface area (Å²) in [5.74, 6) is 2.18. The number of guanidine groups is 1. The van der Waals surface area contributed by atoms with Gasteiger partial charge in [-0.2, -0.15) is 0 Å². The molecule has 0 fully saturated rings. The Labute approximate surface area is 166 Å². The van der Waals surface area contributed by atoms with Crippen LogP contribution >= 0.6 is 0 Å². The molecule has 3 rings (SSSR count). The highest BCUT2D eigenvalue weighted by molar-refractivity contribution is 5.79. The zero-order valence-electron chi connectivity index (χ0n) is 16.7. The van der Waals surface area contributed by atoms with Crippen LogP contribution in [-0.2, 0) is 13.0 Å². The molecule has 0 saturated heterocycles. The molecule has 0 saturated carbocycles. The number of fused-ring (bicyclic) bond motifs is 1. The summed E-state index contributed by atoms with van der Waals surface area (Å²) in [6.45, 7) is 7.35. The average Bonchev–Trinajstić information content (AvgIpc) is 3.00. The van der Waals surface area contributed by atoms with E-state index in [9.17, 15) is 5.11 Å². The predicted molar refractivity (Wildman–Crippen MR) is 115 cm³/mol. The molecule has 0 unspecified atom stereocenters. The standard InChI is InChI=1S/C22H29N5O/c1-3-23-22(25-14-12-18-8-6-9-19(28)16-18)24-13-7-15-27-17(2)26-20-10-4-5-11-21(20)27/h4-6,8-11,16,28H,3,7,12-15H2,1-2H3,(H2,23,24,25). The fourth-order valence-corrected chi connectivity index (χ4v) is 3.28. The van der Waals surface area contributed by atoms with E-state index in [-0.39, 0.29) is 0 Å². The maximum absolute atomic E-state index is 9.55. The molecule has 0 spiro atoms. The highest BCUT2D eigenvalue weighted by Crippen LogP contribution is 2.15. The number of aliphatic imine (C=N–C) groups is 1. The number of rotatable bonds is 8. The van der Waals surface area contributed by atoms with Crippen LogP contribution in [0.25, 0.3) is 11.0 Å². The molecule has 0 atom stereocenters. The number of phenolic OH excluding ortho intramolecular Hbond substituents is 1. The van der Waals surface area contributed by atoms with Crippen LogP contribution in [0.5, 0.6) is 5.75 Å². The molecule has 0 aliphatic rings. The van der Waals surface area contributed by atoms with Gasteiger partial charge in [0, 0.05) is 26.2 Å². The van der Waals surface area contributed by atoms with Gasteiger partial charge in [0.1, 0.15) is 11.6 Å². The first-order valence-electron chi connectivity index (χ1n) is 9.89. The Hall–Kier alpha value is -3.02. The third kappa shape index (κ3) is 5.25. The van der Waals surface area contributed by atoms with Crippen molar-refractivity contribution < 1.29 is 5.11 Å². The molecule has 0 aliphatic carbocycles. The van der Waals surface area contributed by atoms with E-state index < -0.39 is 0 Å². The van der Waals surface area contributed by atoms with E-state index in [4.69, 9.17) is 0 Å². The first-order valence-corrected chi connectivity index (χ1v) is 9.89. The lowest BCUT2D eigenvalue weighted by Crippen LogP contribution is -2.38. The van der Waals surface area contributed by atoms with Gasteiger partial charge in [0.25, 0.3) is 0 Å². The molecule has 1 aromatic heterocycles. The number of hydrogen-bond acceptors (Lipinski definition) is 3. The van der Waals surface area contributed by atoms with Crippen LogP contribution in [-0.4, -0.2) is 40.3 Å². The summed E-state index contributed by atoms with van der Waals surface area (Å²) in [5, 5.41) is 16.2. The molecule has 3 aromatic rings. The second-order valence-corrected chi connectivity index (χ2v) is 6.76. The van der Waals surface area contributed by atoms with Crippen molar-refractivity contribution in [3.63, 3.8) is 0 Å². The van der Waals surface area contributed by atoms with E-state index >= 15 is 0 Å². The first-order chi connectivity index (χ1) is 13.7. The van der Waals surface area contributed by atoms with Crippen molar-refractivity contribution in [3.05, 3.63) is 59.9 Å². The number of aromatic nitrogens is 2. The summed E-state index contributed by atoms with van der Waals surface area (Å²) in [6.07, 6.45) is 1.78. The number of hydrogen-bond donors (Lipinski definition) is 3. The summed E-state index contributed by atoms with van der Waals surface area (Å²) in [4.78, 5) is 9.30. The molecular weight excluding hydrogens is 350 g/mol. The molecular formula is C22H29N5O. The molecule has 2 aromatic carbocycles. The summed E-state index contributed by atoms with van der Waals surface area (Å²) in [7, 11) is 0. The van der Waals surface area contributed by atoms with E-state index in [2.05, 4.69) is 57.2 Å². The largest absolute Gasteiger partial charge is 0.508 e. The summed E-state index contributed by atoms with van der Waals surface area (Å²) < 4.78 is 2.26. The molecule has 28 heavy (non-hydrogen) atoms. The van der Waals surface area contributed by atoms with Gasteiger partial charge < -0.3 is 20.3 Å². The van der Waals surface area contributed by atoms with Crippen molar-refractivity contribution in [2.45, 2.75) is 33.2 Å². The van der Waals surface area contributed by atoms with Crippen LogP contribution in [0.15, 0.2) is 53.5 Å². The van der Waals surface area contributed by atoms with Crippen LogP contribution in [0.3, 0.4) is 0 Å². The molecule has 0 radical (unpaired) electrons. The van der Waals surface area contributed by atoms with Gasteiger partial charge in [0.05, 0.1) is 11.0 Å². The number of nitrogens with zero attached hydrogens (tertiary/aromatic N) is 3. The molecule has 3 N–H and O–H groups in total. The van der Waals surface area contributed by atoms with Gasteiger partial charge >= 0.3 is 0 Å². The zero-order valence-corrected chi connectivity index (χ0v) is 16.7. The molecule has 0 amide bonds. The van der Waals surface area contributed by atoms with Gasteiger partial charge in [0.2, 0.25) is 0 Å². The van der Waals surface area contributed by atoms with E-state index in [1.807, 2.05) is 18.2 Å². The maximum atomic E-state index is 9.55. The van der Waals surface area contributed by atoms with Crippen molar-refractivity contribution in [2.24, 2.45) is 4.99 Å². The highest BCUT2D eigenvalue weighted by atomic mass is 16.3. The van der Waals surface area contributed by atoms with Crippen LogP contribution < -0.4 is 10.6 Å². The van der Waals surface area contributed by atoms with Crippen LogP contribution in [0, 0.1) is 6.92 Å². The fraction of sp³-hybridized carbons (Fsp3) is 0.364. The van der Waals surface area contributed by atoms with Crippen LogP contribution in [0.2, 0.25) is 0 Å². The summed E-state index contributed by atoms with van der Waals surface area (Å²) >= 11 is 0. The Morgan fingerprint density at radius 3 is 2.82 bits per heavy atom. The van der Waals surface area contributed by atoms with Crippen molar-refractivity contribution in [1.82, 2.24) is 20.2 Å². The number of imidazole rings is 1. The fourth-order valence-electron chi connectivity index (χ4n) is 3.28. The summed E-state index contributed by atoms with van der Waals surface area (Å²) in [5.41, 5.74) is 3.33. The second kappa shape index (κ2) is 9.78. The van der Waals surface area contributed by atoms with Crippen LogP contribution in [0.1, 0.15) is 24.7 Å². The van der Waals surface area contributed by atoms with E-state index in [1.54, 1.807) is 12.1 Å². The molecule has 0 aliphatic heterocycles. The van der Waals surface area contributed by atoms with Crippen molar-refractivity contribution in [1.29, 1.82) is 0 Å². The Balaban J connectivity index is 1.50. The number of phenols is 1. The lowest BCUT2D eigenvalue weighted by Gasteiger charge is -2.12. The molecule has 6 nitrogen and oxygen atoms in total. The second-order valence-electron chi connectivity index (χ2n) is 6.76. The van der Waals surface area contributed by atoms with Crippen molar-refractivity contribution >= 4 is 17.0 Å². The van der Waals surface area contributed by atoms with Gasteiger partial charge in [-0.05, 0) is 56.5 Å². The van der Waals surface area contributed by atoms with E-state index in [0.717, 1.165) is 61.9 Å². The monoisotopic (exact) mass is 379 g/mol. The predicted octanol–water partition coefficient (Wildman–Crippen LogP) is 3.24. The number of para-hydroxylation sites is 2. The van der Waals surface area contributed by atoms with Gasteiger partial charge in [0.15, 0.2) is 5.96 Å². The van der Waals surface area contributed by atoms with Crippen molar-refractivity contribution in [2.75, 3.05) is 19.6 Å². The molecule has 0 bridgehead atoms. The zero-order chi connectivity index (χ0) is 19.8. The average molecular weight is 380 g/mol. The SMILES string of the molecule is CCNC(=NCCCn1c(C)nc2ccccc21)NCCc1cccc(O)c1. The number of benzene rings is 2. The summed E-state index contributed by atoms with van der Waals surface area (Å²) in [6, 6.07) is 15.6. The number of nitrogens with one attached hydrogen (secondary N) is 2. The van der Waals surface area contributed by atoms with E-state index in [0.29, 0.717) is 5.75 Å². The minimum absolute atomic E-state index is 0.306. The maximum Gasteiger partial charge on any atom is 0.191 e. The molecule has 6 heteroatoms. The lowest BCUT2D eigenvalue weighted by atomic mass is 10.1. The third-order valence-electron chi connectivity index (χ3n) is 4.62. The Kier molecular flexibility index (Phi) is 6.89. The molecule has 148 valence electrons. The topological polar surface area (TPSA) is 74.5 Å². The Bertz CT molecular complexity index is 932. The number of aryl methyl sites for hydroxylation is 2. The molecule has 1 heterocycles. The van der Waals surface area contributed by atoms with E-state index in [1.165, 1.54) is 5.52 Å². The highest BCUT2D eigenvalue weighted by Gasteiger charge is 2.06. The van der Waals surface area contributed by atoms with Gasteiger partial charge in [-0.25, -0.2) is 4.98 Å². The third-order valence-corrected chi connectivity index (χ3v) is 4.62. The quantitative estimate of drug-likeness (QED) is 0.319. The lowest BCUT2D eigenvalue weighted by molar-refractivity contribution is 0.474. The Morgan fingerprint density at radius 1 is 1.14 bits per heavy atom. The van der Waals surface area contributed by atoms with Crippen molar-refractivity contribution in [3.8, 4) is 5.75 Å². The van der Waals surface area contributed by atoms with Crippen LogP contribution in [0.4, 0.5) is 0 Å². The first kappa shape index (κ1) is 19.7. The van der Waals surface area contributed by atoms with Gasteiger partial charge in [-0.3, -0.25) is 4.99 Å². The smallest absolute Gasteiger partial charge is 0.191 e. The Morgan fingerprint density at radius 2 is 2.00 bits per heavy atom. The number of aromatic hydroxyl groups is 1.